The van der Waals surface area contributed by atoms with Gasteiger partial charge in [-0.15, -0.1) is 0 Å². The van der Waals surface area contributed by atoms with Gasteiger partial charge in [-0.2, -0.15) is 4.31 Å². The summed E-state index contributed by atoms with van der Waals surface area (Å²) in [7, 11) is -3.33. The van der Waals surface area contributed by atoms with Crippen LogP contribution >= 0.6 is 0 Å². The first-order valence-electron chi connectivity index (χ1n) is 5.84. The van der Waals surface area contributed by atoms with E-state index >= 15 is 0 Å². The first kappa shape index (κ1) is 12.3. The van der Waals surface area contributed by atoms with Crippen LogP contribution in [0.25, 0.3) is 0 Å². The van der Waals surface area contributed by atoms with E-state index in [4.69, 9.17) is 0 Å². The van der Waals surface area contributed by atoms with E-state index in [-0.39, 0.29) is 0 Å². The third kappa shape index (κ3) is 2.58. The van der Waals surface area contributed by atoms with Gasteiger partial charge < -0.3 is 5.32 Å². The molecule has 0 unspecified atom stereocenters. The summed E-state index contributed by atoms with van der Waals surface area (Å²) in [6, 6.07) is 3.14. The predicted octanol–water partition coefficient (Wildman–Crippen LogP) is 1.30. The average molecular weight is 255 g/mol. The molecule has 1 aliphatic rings. The zero-order valence-electron chi connectivity index (χ0n) is 9.89. The maximum atomic E-state index is 12.3. The molecule has 1 saturated heterocycles. The minimum Gasteiger partial charge on any atom is -0.370 e. The Bertz CT molecular complexity index is 481. The van der Waals surface area contributed by atoms with Gasteiger partial charge in [-0.1, -0.05) is 0 Å². The lowest BCUT2D eigenvalue weighted by Gasteiger charge is -2.15. The number of nitrogens with one attached hydrogen (secondary N) is 1. The lowest BCUT2D eigenvalue weighted by Crippen LogP contribution is -2.27. The first-order chi connectivity index (χ1) is 8.14. The summed E-state index contributed by atoms with van der Waals surface area (Å²) in [5.41, 5.74) is 0. The Labute approximate surface area is 102 Å². The largest absolute Gasteiger partial charge is 0.370 e. The van der Waals surface area contributed by atoms with E-state index < -0.39 is 10.0 Å². The smallest absolute Gasteiger partial charge is 0.243 e. The summed E-state index contributed by atoms with van der Waals surface area (Å²) in [6.07, 6.45) is 3.43. The van der Waals surface area contributed by atoms with Crippen LogP contribution in [0.15, 0.2) is 23.2 Å². The summed E-state index contributed by atoms with van der Waals surface area (Å²) in [5.74, 6) is 0.604. The van der Waals surface area contributed by atoms with Crippen molar-refractivity contribution in [3.05, 3.63) is 18.3 Å². The molecule has 1 aromatic heterocycles. The molecule has 0 saturated carbocycles. The molecule has 1 N–H and O–H groups in total. The number of nitrogens with zero attached hydrogens (tertiary/aromatic N) is 2. The van der Waals surface area contributed by atoms with Crippen molar-refractivity contribution in [3.8, 4) is 0 Å². The summed E-state index contributed by atoms with van der Waals surface area (Å²) >= 11 is 0. The summed E-state index contributed by atoms with van der Waals surface area (Å²) in [5, 5.41) is 3.02. The molecule has 2 rings (SSSR count). The fraction of sp³-hybridized carbons (Fsp3) is 0.545. The molecule has 0 aliphatic carbocycles. The maximum absolute atomic E-state index is 12.3. The third-order valence-corrected chi connectivity index (χ3v) is 4.69. The van der Waals surface area contributed by atoms with Crippen molar-refractivity contribution in [1.29, 1.82) is 0 Å². The van der Waals surface area contributed by atoms with Crippen molar-refractivity contribution >= 4 is 15.8 Å². The van der Waals surface area contributed by atoms with E-state index in [1.165, 1.54) is 10.5 Å². The molecule has 5 nitrogen and oxygen atoms in total. The molecule has 0 amide bonds. The van der Waals surface area contributed by atoms with Crippen LogP contribution in [0.5, 0.6) is 0 Å². The molecule has 2 heterocycles. The van der Waals surface area contributed by atoms with E-state index in [1.54, 1.807) is 12.1 Å². The Kier molecular flexibility index (Phi) is 3.63. The molecular weight excluding hydrogens is 238 g/mol. The van der Waals surface area contributed by atoms with Gasteiger partial charge >= 0.3 is 0 Å². The number of sulfonamides is 1. The molecule has 0 aromatic carbocycles. The Morgan fingerprint density at radius 1 is 1.41 bits per heavy atom. The SMILES string of the molecule is CCNc1cc(S(=O)(=O)N2CCCC2)ccn1. The fourth-order valence-electron chi connectivity index (χ4n) is 1.93. The van der Waals surface area contributed by atoms with E-state index in [9.17, 15) is 8.42 Å². The number of hydrogen-bond acceptors (Lipinski definition) is 4. The molecule has 0 radical (unpaired) electrons. The van der Waals surface area contributed by atoms with Gasteiger partial charge in [-0.25, -0.2) is 13.4 Å². The van der Waals surface area contributed by atoms with Crippen LogP contribution in [-0.2, 0) is 10.0 Å². The van der Waals surface area contributed by atoms with Crippen molar-refractivity contribution in [1.82, 2.24) is 9.29 Å². The van der Waals surface area contributed by atoms with Gasteiger partial charge in [0.25, 0.3) is 0 Å². The minimum atomic E-state index is -3.33. The van der Waals surface area contributed by atoms with Crippen LogP contribution in [0.4, 0.5) is 5.82 Å². The molecule has 94 valence electrons. The van der Waals surface area contributed by atoms with Crippen molar-refractivity contribution in [2.75, 3.05) is 25.0 Å². The second-order valence-corrected chi connectivity index (χ2v) is 5.96. The van der Waals surface area contributed by atoms with Gasteiger partial charge in [0.05, 0.1) is 4.90 Å². The van der Waals surface area contributed by atoms with Crippen molar-refractivity contribution < 1.29 is 8.42 Å². The van der Waals surface area contributed by atoms with E-state index in [0.29, 0.717) is 23.8 Å². The van der Waals surface area contributed by atoms with Crippen LogP contribution in [0.3, 0.4) is 0 Å². The van der Waals surface area contributed by atoms with Gasteiger partial charge in [-0.3, -0.25) is 0 Å². The van der Waals surface area contributed by atoms with Crippen LogP contribution in [0.1, 0.15) is 19.8 Å². The highest BCUT2D eigenvalue weighted by atomic mass is 32.2. The van der Waals surface area contributed by atoms with E-state index in [2.05, 4.69) is 10.3 Å². The molecule has 6 heteroatoms. The Hall–Kier alpha value is -1.14. The number of pyridine rings is 1. The highest BCUT2D eigenvalue weighted by Gasteiger charge is 2.27. The molecule has 1 aromatic rings. The van der Waals surface area contributed by atoms with Crippen LogP contribution in [0, 0.1) is 0 Å². The second kappa shape index (κ2) is 5.01. The molecule has 0 spiro atoms. The number of aromatic nitrogens is 1. The molecule has 0 bridgehead atoms. The first-order valence-corrected chi connectivity index (χ1v) is 7.28. The summed E-state index contributed by atoms with van der Waals surface area (Å²) < 4.78 is 26.1. The van der Waals surface area contributed by atoms with Gasteiger partial charge in [0, 0.05) is 31.9 Å². The van der Waals surface area contributed by atoms with Crippen LogP contribution in [-0.4, -0.2) is 37.3 Å². The van der Waals surface area contributed by atoms with Crippen molar-refractivity contribution in [3.63, 3.8) is 0 Å². The van der Waals surface area contributed by atoms with Crippen molar-refractivity contribution in [2.24, 2.45) is 0 Å². The zero-order valence-corrected chi connectivity index (χ0v) is 10.7. The number of hydrogen-bond donors (Lipinski definition) is 1. The van der Waals surface area contributed by atoms with E-state index in [1.807, 2.05) is 6.92 Å². The quantitative estimate of drug-likeness (QED) is 0.881. The van der Waals surface area contributed by atoms with Gasteiger partial charge in [0.2, 0.25) is 10.0 Å². The lowest BCUT2D eigenvalue weighted by molar-refractivity contribution is 0.477. The lowest BCUT2D eigenvalue weighted by atomic mass is 10.4. The Morgan fingerprint density at radius 2 is 2.12 bits per heavy atom. The monoisotopic (exact) mass is 255 g/mol. The molecule has 1 aliphatic heterocycles. The molecular formula is C11H17N3O2S. The highest BCUT2D eigenvalue weighted by Crippen LogP contribution is 2.21. The summed E-state index contributed by atoms with van der Waals surface area (Å²) in [6.45, 7) is 3.92. The molecule has 0 atom stereocenters. The Balaban J connectivity index is 2.29. The second-order valence-electron chi connectivity index (χ2n) is 4.02. The standard InChI is InChI=1S/C11H17N3O2S/c1-2-12-11-9-10(5-6-13-11)17(15,16)14-7-3-4-8-14/h5-6,9H,2-4,7-8H2,1H3,(H,12,13). The number of anilines is 1. The van der Waals surface area contributed by atoms with Crippen LogP contribution in [0.2, 0.25) is 0 Å². The topological polar surface area (TPSA) is 62.3 Å². The van der Waals surface area contributed by atoms with Gasteiger partial charge in [0.15, 0.2) is 0 Å². The normalized spacial score (nSPS) is 17.2. The Morgan fingerprint density at radius 3 is 2.76 bits per heavy atom. The van der Waals surface area contributed by atoms with E-state index in [0.717, 1.165) is 19.4 Å². The average Bonchev–Trinajstić information content (AvgIpc) is 2.84. The minimum absolute atomic E-state index is 0.324. The predicted molar refractivity (Wildman–Crippen MR) is 66.4 cm³/mol. The summed E-state index contributed by atoms with van der Waals surface area (Å²) in [4.78, 5) is 4.40. The molecule has 1 fully saturated rings. The van der Waals surface area contributed by atoms with Crippen molar-refractivity contribution in [2.45, 2.75) is 24.7 Å². The zero-order chi connectivity index (χ0) is 12.3. The van der Waals surface area contributed by atoms with Gasteiger partial charge in [-0.05, 0) is 25.8 Å². The van der Waals surface area contributed by atoms with Gasteiger partial charge in [0.1, 0.15) is 5.82 Å². The third-order valence-electron chi connectivity index (χ3n) is 2.79. The highest BCUT2D eigenvalue weighted by molar-refractivity contribution is 7.89. The number of rotatable bonds is 4. The molecule has 17 heavy (non-hydrogen) atoms. The fourth-order valence-corrected chi connectivity index (χ4v) is 3.46. The van der Waals surface area contributed by atoms with Crippen LogP contribution < -0.4 is 5.32 Å². The maximum Gasteiger partial charge on any atom is 0.243 e.